The number of hydrogen-bond donors (Lipinski definition) is 5. The smallest absolute Gasteiger partial charge is 0.267 e. The van der Waals surface area contributed by atoms with Gasteiger partial charge in [0.05, 0.1) is 105 Å². The lowest BCUT2D eigenvalue weighted by Gasteiger charge is -2.09. The molecule has 18 nitrogen and oxygen atoms in total. The first-order chi connectivity index (χ1) is 28.3. The van der Waals surface area contributed by atoms with Gasteiger partial charge in [0.2, 0.25) is 17.7 Å². The minimum absolute atomic E-state index is 0.0759. The summed E-state index contributed by atoms with van der Waals surface area (Å²) in [6.45, 7) is 10.1. The van der Waals surface area contributed by atoms with Crippen molar-refractivity contribution in [3.05, 3.63) is 47.8 Å². The van der Waals surface area contributed by atoms with E-state index in [0.717, 1.165) is 18.5 Å². The molecule has 2 aromatic rings. The molecule has 5 N–H and O–H groups in total. The number of anilines is 2. The first-order valence-electron chi connectivity index (χ1n) is 19.9. The molecule has 0 saturated heterocycles. The van der Waals surface area contributed by atoms with Gasteiger partial charge in [-0.05, 0) is 43.7 Å². The predicted octanol–water partition coefficient (Wildman–Crippen LogP) is 1.53. The third kappa shape index (κ3) is 26.8. The van der Waals surface area contributed by atoms with Crippen LogP contribution in [0.4, 0.5) is 11.4 Å². The van der Waals surface area contributed by atoms with E-state index in [-0.39, 0.29) is 36.6 Å². The van der Waals surface area contributed by atoms with Crippen LogP contribution in [0.5, 0.6) is 0 Å². The molecule has 0 aliphatic rings. The number of amides is 4. The van der Waals surface area contributed by atoms with Crippen molar-refractivity contribution in [2.45, 2.75) is 32.6 Å². The van der Waals surface area contributed by atoms with Crippen LogP contribution in [-0.2, 0) is 65.7 Å². The Labute approximate surface area is 342 Å². The molecular formula is C40H66N6O12. The van der Waals surface area contributed by atoms with Crippen molar-refractivity contribution in [1.29, 1.82) is 0 Å². The Bertz CT molecular complexity index is 1390. The Morgan fingerprint density at radius 2 is 1.03 bits per heavy atom. The molecule has 18 heteroatoms. The molecule has 1 aromatic heterocycles. The van der Waals surface area contributed by atoms with Crippen molar-refractivity contribution in [1.82, 2.24) is 20.5 Å². The average Bonchev–Trinajstić information content (AvgIpc) is 3.57. The predicted molar refractivity (Wildman–Crippen MR) is 218 cm³/mol. The summed E-state index contributed by atoms with van der Waals surface area (Å²) in [5.41, 5.74) is 2.92. The highest BCUT2D eigenvalue weighted by molar-refractivity contribution is 5.96. The van der Waals surface area contributed by atoms with E-state index < -0.39 is 0 Å². The SMILES string of the molecule is CNCCC(=O)Nc1cc(C(=O)NCCC(=O)NCCOCCOCCOCCOCCOCCOCCOCCOCCCc2ccc(NC(C)=O)cc2)n(C)c1. The summed E-state index contributed by atoms with van der Waals surface area (Å²) in [7, 11) is 3.48. The van der Waals surface area contributed by atoms with Crippen LogP contribution in [0, 0.1) is 0 Å². The number of benzene rings is 1. The van der Waals surface area contributed by atoms with Crippen LogP contribution in [0.15, 0.2) is 36.5 Å². The summed E-state index contributed by atoms with van der Waals surface area (Å²) in [4.78, 5) is 47.6. The van der Waals surface area contributed by atoms with Gasteiger partial charge in [0, 0.05) is 64.9 Å². The van der Waals surface area contributed by atoms with E-state index in [2.05, 4.69) is 26.6 Å². The second-order valence-electron chi connectivity index (χ2n) is 12.9. The Balaban J connectivity index is 1.24. The highest BCUT2D eigenvalue weighted by Gasteiger charge is 2.13. The summed E-state index contributed by atoms with van der Waals surface area (Å²) >= 11 is 0. The number of ether oxygens (including phenoxy) is 8. The minimum atomic E-state index is -0.334. The zero-order valence-corrected chi connectivity index (χ0v) is 34.6. The number of rotatable bonds is 37. The van der Waals surface area contributed by atoms with Gasteiger partial charge < -0.3 is 69.0 Å². The van der Waals surface area contributed by atoms with E-state index >= 15 is 0 Å². The number of nitrogens with zero attached hydrogens (tertiary/aromatic N) is 1. The molecule has 0 unspecified atom stereocenters. The second kappa shape index (κ2) is 33.9. The third-order valence-corrected chi connectivity index (χ3v) is 7.96. The van der Waals surface area contributed by atoms with Gasteiger partial charge in [0.1, 0.15) is 5.69 Å². The molecule has 0 aliphatic carbocycles. The molecule has 4 amide bonds. The first-order valence-corrected chi connectivity index (χ1v) is 19.9. The van der Waals surface area contributed by atoms with Crippen LogP contribution in [0.2, 0.25) is 0 Å². The van der Waals surface area contributed by atoms with E-state index in [9.17, 15) is 19.2 Å². The Hall–Kier alpha value is -3.98. The normalized spacial score (nSPS) is 11.1. The summed E-state index contributed by atoms with van der Waals surface area (Å²) < 4.78 is 45.7. The Morgan fingerprint density at radius 3 is 1.53 bits per heavy atom. The number of carbonyl (C=O) groups is 4. The van der Waals surface area contributed by atoms with Gasteiger partial charge in [-0.25, -0.2) is 0 Å². The number of hydrogen-bond acceptors (Lipinski definition) is 13. The fourth-order valence-corrected chi connectivity index (χ4v) is 5.03. The monoisotopic (exact) mass is 822 g/mol. The summed E-state index contributed by atoms with van der Waals surface area (Å²) in [6.07, 6.45) is 3.95. The van der Waals surface area contributed by atoms with Crippen LogP contribution >= 0.6 is 0 Å². The lowest BCUT2D eigenvalue weighted by molar-refractivity contribution is -0.121. The maximum Gasteiger partial charge on any atom is 0.267 e. The van der Waals surface area contributed by atoms with Gasteiger partial charge in [0.25, 0.3) is 5.91 Å². The molecule has 0 bridgehead atoms. The maximum absolute atomic E-state index is 12.5. The van der Waals surface area contributed by atoms with Crippen molar-refractivity contribution in [2.24, 2.45) is 7.05 Å². The van der Waals surface area contributed by atoms with Crippen molar-refractivity contribution >= 4 is 35.0 Å². The van der Waals surface area contributed by atoms with Gasteiger partial charge >= 0.3 is 0 Å². The average molecular weight is 823 g/mol. The van der Waals surface area contributed by atoms with Crippen LogP contribution in [-0.4, -0.2) is 161 Å². The molecule has 0 radical (unpaired) electrons. The molecule has 0 atom stereocenters. The van der Waals surface area contributed by atoms with Crippen LogP contribution < -0.4 is 26.6 Å². The first kappa shape index (κ1) is 50.2. The Morgan fingerprint density at radius 1 is 0.552 bits per heavy atom. The zero-order valence-electron chi connectivity index (χ0n) is 34.6. The number of aromatic nitrogens is 1. The Kier molecular flexibility index (Phi) is 29.4. The fraction of sp³-hybridized carbons (Fsp3) is 0.650. The molecule has 1 aromatic carbocycles. The van der Waals surface area contributed by atoms with Crippen molar-refractivity contribution in [3.8, 4) is 0 Å². The highest BCUT2D eigenvalue weighted by atomic mass is 16.6. The van der Waals surface area contributed by atoms with Gasteiger partial charge in [-0.15, -0.1) is 0 Å². The van der Waals surface area contributed by atoms with E-state index in [1.165, 1.54) is 12.5 Å². The van der Waals surface area contributed by atoms with E-state index in [0.29, 0.717) is 137 Å². The molecule has 0 saturated carbocycles. The number of aryl methyl sites for hydroxylation is 2. The van der Waals surface area contributed by atoms with Crippen LogP contribution in [0.1, 0.15) is 42.2 Å². The topological polar surface area (TPSA) is 207 Å². The van der Waals surface area contributed by atoms with Crippen LogP contribution in [0.25, 0.3) is 0 Å². The fourth-order valence-electron chi connectivity index (χ4n) is 5.03. The highest BCUT2D eigenvalue weighted by Crippen LogP contribution is 2.13. The lowest BCUT2D eigenvalue weighted by Crippen LogP contribution is -2.33. The molecule has 1 heterocycles. The van der Waals surface area contributed by atoms with Gasteiger partial charge in [-0.3, -0.25) is 19.2 Å². The van der Waals surface area contributed by atoms with E-state index in [1.807, 2.05) is 24.3 Å². The largest absolute Gasteiger partial charge is 0.379 e. The van der Waals surface area contributed by atoms with Crippen molar-refractivity contribution < 1.29 is 57.1 Å². The van der Waals surface area contributed by atoms with Crippen LogP contribution in [0.3, 0.4) is 0 Å². The summed E-state index contributed by atoms with van der Waals surface area (Å²) in [6, 6.07) is 9.43. The quantitative estimate of drug-likeness (QED) is 0.0614. The molecule has 0 spiro atoms. The third-order valence-electron chi connectivity index (χ3n) is 7.96. The molecule has 328 valence electrons. The summed E-state index contributed by atoms with van der Waals surface area (Å²) in [5.74, 6) is -0.756. The molecule has 2 rings (SSSR count). The zero-order chi connectivity index (χ0) is 41.9. The number of carbonyl (C=O) groups excluding carboxylic acids is 4. The van der Waals surface area contributed by atoms with E-state index in [1.54, 1.807) is 30.9 Å². The maximum atomic E-state index is 12.5. The standard InChI is InChI=1S/C40H66N6O12/c1-33(47)44-35-8-6-34(7-9-35)5-4-15-51-17-19-53-21-23-55-25-27-57-29-30-58-28-26-56-24-22-54-20-18-52-16-14-42-38(48)11-13-43-40(50)37-31-36(32-46(37)3)45-39(49)10-12-41-2/h6-9,31-32,41H,4-5,10-30H2,1-3H3,(H,42,48)(H,43,50)(H,44,47)(H,45,49). The molecular weight excluding hydrogens is 756 g/mol. The second-order valence-corrected chi connectivity index (χ2v) is 12.9. The van der Waals surface area contributed by atoms with Gasteiger partial charge in [0.15, 0.2) is 0 Å². The van der Waals surface area contributed by atoms with Gasteiger partial charge in [-0.1, -0.05) is 12.1 Å². The molecule has 0 fully saturated rings. The molecule has 58 heavy (non-hydrogen) atoms. The van der Waals surface area contributed by atoms with Gasteiger partial charge in [-0.2, -0.15) is 0 Å². The molecule has 0 aliphatic heterocycles. The van der Waals surface area contributed by atoms with Crippen molar-refractivity contribution in [2.75, 3.05) is 143 Å². The lowest BCUT2D eigenvalue weighted by atomic mass is 10.1. The summed E-state index contributed by atoms with van der Waals surface area (Å²) in [5, 5.41) is 13.9. The number of nitrogens with one attached hydrogen (secondary N) is 5. The van der Waals surface area contributed by atoms with E-state index in [4.69, 9.17) is 37.9 Å². The van der Waals surface area contributed by atoms with Crippen molar-refractivity contribution in [3.63, 3.8) is 0 Å². The minimum Gasteiger partial charge on any atom is -0.379 e.